The summed E-state index contributed by atoms with van der Waals surface area (Å²) >= 11 is 0. The number of nitrogens with one attached hydrogen (secondary N) is 2. The molecule has 4 nitrogen and oxygen atoms in total. The van der Waals surface area contributed by atoms with Crippen LogP contribution in [0.5, 0.6) is 0 Å². The normalized spacial score (nSPS) is 10.1. The van der Waals surface area contributed by atoms with E-state index in [-0.39, 0.29) is 24.1 Å². The summed E-state index contributed by atoms with van der Waals surface area (Å²) in [5, 5.41) is 5.31. The van der Waals surface area contributed by atoms with Crippen molar-refractivity contribution in [1.82, 2.24) is 0 Å². The van der Waals surface area contributed by atoms with Crippen molar-refractivity contribution in [2.45, 2.75) is 20.3 Å². The Kier molecular flexibility index (Phi) is 4.88. The number of hydrogen-bond acceptors (Lipinski definition) is 2. The second kappa shape index (κ2) is 6.85. The third kappa shape index (κ3) is 4.41. The predicted molar refractivity (Wildman–Crippen MR) is 84.2 cm³/mol. The number of amides is 2. The maximum Gasteiger partial charge on any atom is 0.228 e. The molecule has 0 aromatic heterocycles. The SMILES string of the molecule is CC(=O)Nc1ccc(CC(=O)Nc2ccc(C)c(F)c2)cc1. The Morgan fingerprint density at radius 3 is 2.23 bits per heavy atom. The van der Waals surface area contributed by atoms with Crippen LogP contribution in [-0.4, -0.2) is 11.8 Å². The van der Waals surface area contributed by atoms with Crippen LogP contribution in [0.25, 0.3) is 0 Å². The fourth-order valence-corrected chi connectivity index (χ4v) is 1.97. The standard InChI is InChI=1S/C17H17FN2O2/c1-11-3-6-15(10-16(11)18)20-17(22)9-13-4-7-14(8-5-13)19-12(2)21/h3-8,10H,9H2,1-2H3,(H,19,21)(H,20,22). The van der Waals surface area contributed by atoms with Gasteiger partial charge in [0.05, 0.1) is 6.42 Å². The fourth-order valence-electron chi connectivity index (χ4n) is 1.97. The predicted octanol–water partition coefficient (Wildman–Crippen LogP) is 3.27. The maximum absolute atomic E-state index is 13.4. The molecule has 2 rings (SSSR count). The van der Waals surface area contributed by atoms with Crippen LogP contribution < -0.4 is 10.6 Å². The van der Waals surface area contributed by atoms with Crippen molar-refractivity contribution < 1.29 is 14.0 Å². The summed E-state index contributed by atoms with van der Waals surface area (Å²) in [7, 11) is 0. The average Bonchev–Trinajstić information content (AvgIpc) is 2.44. The number of benzene rings is 2. The van der Waals surface area contributed by atoms with E-state index in [0.717, 1.165) is 5.56 Å². The quantitative estimate of drug-likeness (QED) is 0.910. The van der Waals surface area contributed by atoms with Crippen molar-refractivity contribution in [2.75, 3.05) is 10.6 Å². The zero-order chi connectivity index (χ0) is 16.1. The Balaban J connectivity index is 1.96. The van der Waals surface area contributed by atoms with Crippen LogP contribution in [-0.2, 0) is 16.0 Å². The molecule has 2 N–H and O–H groups in total. The monoisotopic (exact) mass is 300 g/mol. The number of hydrogen-bond donors (Lipinski definition) is 2. The van der Waals surface area contributed by atoms with Crippen molar-refractivity contribution in [1.29, 1.82) is 0 Å². The first kappa shape index (κ1) is 15.7. The van der Waals surface area contributed by atoms with Gasteiger partial charge < -0.3 is 10.6 Å². The molecular weight excluding hydrogens is 283 g/mol. The minimum Gasteiger partial charge on any atom is -0.326 e. The zero-order valence-corrected chi connectivity index (χ0v) is 12.4. The van der Waals surface area contributed by atoms with E-state index in [1.165, 1.54) is 13.0 Å². The van der Waals surface area contributed by atoms with Gasteiger partial charge in [0.15, 0.2) is 0 Å². The molecule has 0 saturated carbocycles. The Morgan fingerprint density at radius 2 is 1.64 bits per heavy atom. The van der Waals surface area contributed by atoms with E-state index in [1.54, 1.807) is 43.3 Å². The van der Waals surface area contributed by atoms with Gasteiger partial charge in [0, 0.05) is 18.3 Å². The Bertz CT molecular complexity index is 696. The van der Waals surface area contributed by atoms with Gasteiger partial charge in [0.1, 0.15) is 5.82 Å². The Hall–Kier alpha value is -2.69. The maximum atomic E-state index is 13.4. The summed E-state index contributed by atoms with van der Waals surface area (Å²) in [6, 6.07) is 11.6. The van der Waals surface area contributed by atoms with Gasteiger partial charge in [0.2, 0.25) is 11.8 Å². The summed E-state index contributed by atoms with van der Waals surface area (Å²) in [6.45, 7) is 3.10. The molecule has 2 aromatic rings. The van der Waals surface area contributed by atoms with Crippen LogP contribution in [0.15, 0.2) is 42.5 Å². The summed E-state index contributed by atoms with van der Waals surface area (Å²) < 4.78 is 13.4. The van der Waals surface area contributed by atoms with Crippen molar-refractivity contribution in [2.24, 2.45) is 0 Å². The summed E-state index contributed by atoms with van der Waals surface area (Å²) in [5.74, 6) is -0.722. The molecule has 5 heteroatoms. The molecule has 114 valence electrons. The molecule has 0 saturated heterocycles. The molecule has 0 unspecified atom stereocenters. The second-order valence-corrected chi connectivity index (χ2v) is 5.07. The lowest BCUT2D eigenvalue weighted by Gasteiger charge is -2.07. The number of halogens is 1. The highest BCUT2D eigenvalue weighted by molar-refractivity contribution is 5.92. The first-order chi connectivity index (χ1) is 10.4. The number of anilines is 2. The van der Waals surface area contributed by atoms with E-state index in [4.69, 9.17) is 0 Å². The highest BCUT2D eigenvalue weighted by atomic mass is 19.1. The van der Waals surface area contributed by atoms with Crippen LogP contribution in [0.4, 0.5) is 15.8 Å². The first-order valence-electron chi connectivity index (χ1n) is 6.86. The van der Waals surface area contributed by atoms with Crippen molar-refractivity contribution in [3.8, 4) is 0 Å². The molecule has 0 aliphatic heterocycles. The van der Waals surface area contributed by atoms with Gasteiger partial charge in [-0.1, -0.05) is 18.2 Å². The molecule has 2 aromatic carbocycles. The van der Waals surface area contributed by atoms with Gasteiger partial charge in [-0.3, -0.25) is 9.59 Å². The molecule has 22 heavy (non-hydrogen) atoms. The Morgan fingerprint density at radius 1 is 1.00 bits per heavy atom. The van der Waals surface area contributed by atoms with Gasteiger partial charge in [-0.25, -0.2) is 4.39 Å². The van der Waals surface area contributed by atoms with Gasteiger partial charge in [-0.2, -0.15) is 0 Å². The average molecular weight is 300 g/mol. The molecule has 0 heterocycles. The smallest absolute Gasteiger partial charge is 0.228 e. The Labute approximate surface area is 128 Å². The first-order valence-corrected chi connectivity index (χ1v) is 6.86. The lowest BCUT2D eigenvalue weighted by Crippen LogP contribution is -2.14. The van der Waals surface area contributed by atoms with Gasteiger partial charge in [-0.15, -0.1) is 0 Å². The molecule has 0 aliphatic rings. The van der Waals surface area contributed by atoms with Crippen molar-refractivity contribution >= 4 is 23.2 Å². The number of carbonyl (C=O) groups is 2. The topological polar surface area (TPSA) is 58.2 Å². The van der Waals surface area contributed by atoms with Gasteiger partial charge in [-0.05, 0) is 42.3 Å². The van der Waals surface area contributed by atoms with E-state index < -0.39 is 0 Å². The molecule has 0 bridgehead atoms. The molecular formula is C17H17FN2O2. The number of rotatable bonds is 4. The third-order valence-electron chi connectivity index (χ3n) is 3.09. The number of aryl methyl sites for hydroxylation is 1. The van der Waals surface area contributed by atoms with Crippen molar-refractivity contribution in [3.05, 3.63) is 59.4 Å². The summed E-state index contributed by atoms with van der Waals surface area (Å²) in [5.41, 5.74) is 2.45. The molecule has 0 atom stereocenters. The summed E-state index contributed by atoms with van der Waals surface area (Å²) in [4.78, 5) is 22.9. The zero-order valence-electron chi connectivity index (χ0n) is 12.4. The highest BCUT2D eigenvalue weighted by Gasteiger charge is 2.06. The van der Waals surface area contributed by atoms with E-state index in [1.807, 2.05) is 0 Å². The van der Waals surface area contributed by atoms with Gasteiger partial charge in [0.25, 0.3) is 0 Å². The fraction of sp³-hybridized carbons (Fsp3) is 0.176. The van der Waals surface area contributed by atoms with Crippen molar-refractivity contribution in [3.63, 3.8) is 0 Å². The molecule has 0 aliphatic carbocycles. The lowest BCUT2D eigenvalue weighted by molar-refractivity contribution is -0.116. The van der Waals surface area contributed by atoms with Crippen LogP contribution in [0.3, 0.4) is 0 Å². The molecule has 2 amide bonds. The van der Waals surface area contributed by atoms with Crippen LogP contribution >= 0.6 is 0 Å². The number of carbonyl (C=O) groups excluding carboxylic acids is 2. The minimum atomic E-state index is -0.350. The van der Waals surface area contributed by atoms with Gasteiger partial charge >= 0.3 is 0 Å². The largest absolute Gasteiger partial charge is 0.326 e. The van der Waals surface area contributed by atoms with E-state index >= 15 is 0 Å². The minimum absolute atomic E-state index is 0.146. The second-order valence-electron chi connectivity index (χ2n) is 5.07. The third-order valence-corrected chi connectivity index (χ3v) is 3.09. The van der Waals surface area contributed by atoms with E-state index in [9.17, 15) is 14.0 Å². The van der Waals surface area contributed by atoms with Crippen LogP contribution in [0.2, 0.25) is 0 Å². The molecule has 0 radical (unpaired) electrons. The van der Waals surface area contributed by atoms with Crippen LogP contribution in [0.1, 0.15) is 18.1 Å². The summed E-state index contributed by atoms with van der Waals surface area (Å²) in [6.07, 6.45) is 0.176. The lowest BCUT2D eigenvalue weighted by atomic mass is 10.1. The molecule has 0 spiro atoms. The molecule has 0 fully saturated rings. The van der Waals surface area contributed by atoms with E-state index in [2.05, 4.69) is 10.6 Å². The van der Waals surface area contributed by atoms with Crippen LogP contribution in [0, 0.1) is 12.7 Å². The highest BCUT2D eigenvalue weighted by Crippen LogP contribution is 2.15. The van der Waals surface area contributed by atoms with E-state index in [0.29, 0.717) is 16.9 Å².